The van der Waals surface area contributed by atoms with Crippen molar-refractivity contribution in [2.75, 3.05) is 50.7 Å². The molecule has 0 saturated carbocycles. The number of hydrogen-bond acceptors (Lipinski definition) is 3. The molecule has 4 rings (SSSR count). The van der Waals surface area contributed by atoms with Crippen molar-refractivity contribution in [1.29, 1.82) is 0 Å². The number of carbonyl (C=O) groups excluding carboxylic acids is 1. The summed E-state index contributed by atoms with van der Waals surface area (Å²) >= 11 is 0. The Bertz CT molecular complexity index is 790. The van der Waals surface area contributed by atoms with Gasteiger partial charge in [-0.3, -0.25) is 4.90 Å². The van der Waals surface area contributed by atoms with Gasteiger partial charge >= 0.3 is 6.03 Å². The maximum Gasteiger partial charge on any atom is 0.317 e. The minimum Gasteiger partial charge on any atom is -0.371 e. The van der Waals surface area contributed by atoms with E-state index in [0.29, 0.717) is 12.5 Å². The van der Waals surface area contributed by atoms with Crippen molar-refractivity contribution in [3.63, 3.8) is 0 Å². The number of halogens is 1. The number of piperazine rings is 1. The van der Waals surface area contributed by atoms with E-state index in [2.05, 4.69) is 39.4 Å². The van der Waals surface area contributed by atoms with Crippen LogP contribution in [0.1, 0.15) is 12.0 Å². The zero-order chi connectivity index (χ0) is 20.1. The van der Waals surface area contributed by atoms with Gasteiger partial charge in [0.2, 0.25) is 0 Å². The number of nitrogens with one attached hydrogen (secondary N) is 1. The molecule has 1 atom stereocenters. The van der Waals surface area contributed by atoms with Crippen LogP contribution in [-0.2, 0) is 6.54 Å². The van der Waals surface area contributed by atoms with Crippen molar-refractivity contribution >= 4 is 11.7 Å². The molecule has 154 valence electrons. The van der Waals surface area contributed by atoms with Crippen LogP contribution >= 0.6 is 0 Å². The third-order valence-electron chi connectivity index (χ3n) is 5.93. The molecule has 0 aliphatic carbocycles. The second kappa shape index (κ2) is 9.27. The molecular weight excluding hydrogens is 367 g/mol. The number of amides is 2. The van der Waals surface area contributed by atoms with Crippen LogP contribution in [0.3, 0.4) is 0 Å². The highest BCUT2D eigenvalue weighted by Gasteiger charge is 2.25. The first-order chi connectivity index (χ1) is 14.2. The third kappa shape index (κ3) is 5.26. The molecule has 2 amide bonds. The van der Waals surface area contributed by atoms with E-state index in [0.717, 1.165) is 57.9 Å². The van der Waals surface area contributed by atoms with Gasteiger partial charge in [-0.15, -0.1) is 0 Å². The Morgan fingerprint density at radius 2 is 1.69 bits per heavy atom. The van der Waals surface area contributed by atoms with Gasteiger partial charge in [0, 0.05) is 58.0 Å². The minimum absolute atomic E-state index is 0.0459. The van der Waals surface area contributed by atoms with E-state index >= 15 is 0 Å². The van der Waals surface area contributed by atoms with E-state index in [-0.39, 0.29) is 11.8 Å². The van der Waals surface area contributed by atoms with Gasteiger partial charge in [-0.05, 0) is 42.2 Å². The van der Waals surface area contributed by atoms with Crippen LogP contribution in [-0.4, -0.2) is 61.6 Å². The molecule has 6 heteroatoms. The Hall–Kier alpha value is -2.60. The minimum atomic E-state index is -0.208. The molecule has 2 heterocycles. The van der Waals surface area contributed by atoms with Gasteiger partial charge in [0.15, 0.2) is 0 Å². The molecule has 0 aromatic heterocycles. The molecule has 0 bridgehead atoms. The lowest BCUT2D eigenvalue weighted by Crippen LogP contribution is -2.52. The molecule has 5 nitrogen and oxygen atoms in total. The molecule has 0 spiro atoms. The van der Waals surface area contributed by atoms with Gasteiger partial charge in [-0.2, -0.15) is 0 Å². The summed E-state index contributed by atoms with van der Waals surface area (Å²) in [6, 6.07) is 17.2. The van der Waals surface area contributed by atoms with E-state index in [9.17, 15) is 9.18 Å². The molecule has 1 N–H and O–H groups in total. The largest absolute Gasteiger partial charge is 0.371 e. The average Bonchev–Trinajstić information content (AvgIpc) is 3.23. The van der Waals surface area contributed by atoms with E-state index in [1.54, 1.807) is 0 Å². The highest BCUT2D eigenvalue weighted by atomic mass is 19.1. The molecule has 2 fully saturated rings. The number of anilines is 1. The summed E-state index contributed by atoms with van der Waals surface area (Å²) in [5, 5.41) is 3.12. The smallest absolute Gasteiger partial charge is 0.317 e. The van der Waals surface area contributed by atoms with E-state index in [1.165, 1.54) is 17.7 Å². The molecule has 29 heavy (non-hydrogen) atoms. The molecule has 2 saturated heterocycles. The van der Waals surface area contributed by atoms with Crippen molar-refractivity contribution in [3.8, 4) is 0 Å². The van der Waals surface area contributed by atoms with Crippen molar-refractivity contribution in [2.45, 2.75) is 13.0 Å². The molecular formula is C23H29FN4O. The summed E-state index contributed by atoms with van der Waals surface area (Å²) in [5.41, 5.74) is 2.37. The fourth-order valence-electron chi connectivity index (χ4n) is 4.18. The summed E-state index contributed by atoms with van der Waals surface area (Å²) in [5.74, 6) is 0.226. The van der Waals surface area contributed by atoms with Gasteiger partial charge in [-0.25, -0.2) is 9.18 Å². The van der Waals surface area contributed by atoms with Crippen molar-refractivity contribution < 1.29 is 9.18 Å². The second-order valence-electron chi connectivity index (χ2n) is 8.01. The Kier molecular flexibility index (Phi) is 6.30. The van der Waals surface area contributed by atoms with Gasteiger partial charge in [0.05, 0.1) is 0 Å². The van der Waals surface area contributed by atoms with Crippen LogP contribution in [0, 0.1) is 11.7 Å². The first-order valence-electron chi connectivity index (χ1n) is 10.5. The number of urea groups is 1. The predicted molar refractivity (Wildman–Crippen MR) is 113 cm³/mol. The third-order valence-corrected chi connectivity index (χ3v) is 5.93. The van der Waals surface area contributed by atoms with Crippen molar-refractivity contribution in [1.82, 2.24) is 15.1 Å². The maximum absolute atomic E-state index is 13.1. The zero-order valence-corrected chi connectivity index (χ0v) is 16.8. The number of rotatable bonds is 5. The zero-order valence-electron chi connectivity index (χ0n) is 16.8. The Labute approximate surface area is 172 Å². The first-order valence-corrected chi connectivity index (χ1v) is 10.5. The summed E-state index contributed by atoms with van der Waals surface area (Å²) in [6.45, 7) is 6.84. The molecule has 2 aliphatic rings. The SMILES string of the molecule is O=C(NCC1CCN(c2ccc(F)cc2)C1)N1CCN(Cc2ccccc2)CC1. The summed E-state index contributed by atoms with van der Waals surface area (Å²) in [6.07, 6.45) is 1.04. The quantitative estimate of drug-likeness (QED) is 0.844. The number of carbonyl (C=O) groups is 1. The molecule has 2 aromatic rings. The van der Waals surface area contributed by atoms with E-state index in [4.69, 9.17) is 0 Å². The summed E-state index contributed by atoms with van der Waals surface area (Å²) in [4.78, 5) is 19.1. The predicted octanol–water partition coefficient (Wildman–Crippen LogP) is 3.18. The fraction of sp³-hybridized carbons (Fsp3) is 0.435. The van der Waals surface area contributed by atoms with Crippen LogP contribution in [0.4, 0.5) is 14.9 Å². The highest BCUT2D eigenvalue weighted by molar-refractivity contribution is 5.74. The topological polar surface area (TPSA) is 38.8 Å². The van der Waals surface area contributed by atoms with Gasteiger partial charge < -0.3 is 15.1 Å². The normalized spacial score (nSPS) is 20.1. The summed E-state index contributed by atoms with van der Waals surface area (Å²) in [7, 11) is 0. The van der Waals surface area contributed by atoms with Crippen LogP contribution in [0.2, 0.25) is 0 Å². The van der Waals surface area contributed by atoms with Gasteiger partial charge in [-0.1, -0.05) is 30.3 Å². The van der Waals surface area contributed by atoms with Crippen LogP contribution in [0.5, 0.6) is 0 Å². The maximum atomic E-state index is 13.1. The lowest BCUT2D eigenvalue weighted by Gasteiger charge is -2.35. The lowest BCUT2D eigenvalue weighted by molar-refractivity contribution is 0.134. The van der Waals surface area contributed by atoms with Crippen molar-refractivity contribution in [3.05, 3.63) is 66.0 Å². The number of benzene rings is 2. The van der Waals surface area contributed by atoms with E-state index < -0.39 is 0 Å². The van der Waals surface area contributed by atoms with E-state index in [1.807, 2.05) is 23.1 Å². The second-order valence-corrected chi connectivity index (χ2v) is 8.01. The lowest BCUT2D eigenvalue weighted by atomic mass is 10.1. The average molecular weight is 397 g/mol. The van der Waals surface area contributed by atoms with Crippen LogP contribution in [0.25, 0.3) is 0 Å². The number of nitrogens with zero attached hydrogens (tertiary/aromatic N) is 3. The Balaban J connectivity index is 1.17. The molecule has 0 radical (unpaired) electrons. The Morgan fingerprint density at radius 3 is 2.41 bits per heavy atom. The first kappa shape index (κ1) is 19.7. The van der Waals surface area contributed by atoms with Gasteiger partial charge in [0.25, 0.3) is 0 Å². The fourth-order valence-corrected chi connectivity index (χ4v) is 4.18. The Morgan fingerprint density at radius 1 is 0.966 bits per heavy atom. The van der Waals surface area contributed by atoms with Gasteiger partial charge in [0.1, 0.15) is 5.82 Å². The monoisotopic (exact) mass is 396 g/mol. The molecule has 2 aromatic carbocycles. The molecule has 2 aliphatic heterocycles. The van der Waals surface area contributed by atoms with Crippen LogP contribution < -0.4 is 10.2 Å². The number of hydrogen-bond donors (Lipinski definition) is 1. The van der Waals surface area contributed by atoms with Crippen molar-refractivity contribution in [2.24, 2.45) is 5.92 Å². The standard InChI is InChI=1S/C23H29FN4O/c24-21-6-8-22(9-7-21)28-11-10-20(18-28)16-25-23(29)27-14-12-26(13-15-27)17-19-4-2-1-3-5-19/h1-9,20H,10-18H2,(H,25,29). The highest BCUT2D eigenvalue weighted by Crippen LogP contribution is 2.23. The molecule has 1 unspecified atom stereocenters. The van der Waals surface area contributed by atoms with Crippen LogP contribution in [0.15, 0.2) is 54.6 Å². The summed E-state index contributed by atoms with van der Waals surface area (Å²) < 4.78 is 13.1.